The van der Waals surface area contributed by atoms with Crippen LogP contribution in [0.5, 0.6) is 0 Å². The van der Waals surface area contributed by atoms with Gasteiger partial charge in [0, 0.05) is 31.3 Å². The summed E-state index contributed by atoms with van der Waals surface area (Å²) in [4.78, 5) is 24.1. The minimum absolute atomic E-state index is 0.0163. The number of ether oxygens (including phenoxy) is 3. The van der Waals surface area contributed by atoms with Gasteiger partial charge in [0.25, 0.3) is 0 Å². The third-order valence-electron chi connectivity index (χ3n) is 6.02. The lowest BCUT2D eigenvalue weighted by molar-refractivity contribution is -0.194. The zero-order valence-electron chi connectivity index (χ0n) is 16.1. The molecule has 1 aromatic carbocycles. The molecular formula is C23H28O5. The number of fused-ring (bicyclic) bond motifs is 1. The Hall–Kier alpha value is -1.98. The van der Waals surface area contributed by atoms with Crippen LogP contribution in [-0.2, 0) is 30.2 Å². The van der Waals surface area contributed by atoms with Crippen LogP contribution in [0.1, 0.15) is 44.1 Å². The Balaban J connectivity index is 1.37. The molecule has 0 N–H and O–H groups in total. The summed E-state index contributed by atoms with van der Waals surface area (Å²) < 4.78 is 17.4. The molecule has 0 amide bonds. The molecule has 28 heavy (non-hydrogen) atoms. The molecule has 0 bridgehead atoms. The second-order valence-electron chi connectivity index (χ2n) is 7.99. The van der Waals surface area contributed by atoms with E-state index in [4.69, 9.17) is 14.2 Å². The van der Waals surface area contributed by atoms with Gasteiger partial charge in [0.05, 0.1) is 12.5 Å². The molecule has 2 heterocycles. The summed E-state index contributed by atoms with van der Waals surface area (Å²) in [6.07, 6.45) is 8.67. The Bertz CT molecular complexity index is 707. The topological polar surface area (TPSA) is 61.8 Å². The molecular weight excluding hydrogens is 356 g/mol. The highest BCUT2D eigenvalue weighted by atomic mass is 16.7. The molecule has 5 heteroatoms. The fourth-order valence-electron chi connectivity index (χ4n) is 4.54. The molecule has 3 aliphatic rings. The Kier molecular flexibility index (Phi) is 6.23. The van der Waals surface area contributed by atoms with E-state index in [1.165, 1.54) is 0 Å². The average Bonchev–Trinajstić information content (AvgIpc) is 3.22. The van der Waals surface area contributed by atoms with E-state index in [0.717, 1.165) is 37.9 Å². The van der Waals surface area contributed by atoms with Gasteiger partial charge in [-0.05, 0) is 37.3 Å². The number of ketones is 1. The van der Waals surface area contributed by atoms with Crippen LogP contribution >= 0.6 is 0 Å². The van der Waals surface area contributed by atoms with Crippen LogP contribution < -0.4 is 0 Å². The molecule has 2 saturated heterocycles. The van der Waals surface area contributed by atoms with Gasteiger partial charge >= 0.3 is 5.97 Å². The minimum Gasteiger partial charge on any atom is -0.462 e. The summed E-state index contributed by atoms with van der Waals surface area (Å²) in [6, 6.07) is 10.0. The number of carbonyl (C=O) groups excluding carboxylic acids is 2. The highest BCUT2D eigenvalue weighted by Gasteiger charge is 2.50. The number of esters is 1. The summed E-state index contributed by atoms with van der Waals surface area (Å²) in [5, 5.41) is 0. The molecule has 1 unspecified atom stereocenters. The first kappa shape index (κ1) is 19.3. The van der Waals surface area contributed by atoms with Crippen molar-refractivity contribution in [2.75, 3.05) is 6.61 Å². The van der Waals surface area contributed by atoms with Crippen LogP contribution in [0, 0.1) is 11.8 Å². The largest absolute Gasteiger partial charge is 0.462 e. The van der Waals surface area contributed by atoms with Gasteiger partial charge in [-0.1, -0.05) is 36.4 Å². The standard InChI is InChI=1S/C23H28O5/c24-17(10-9-16-6-2-1-3-7-16)11-12-18-19-14-22(25)27-21(19)15-20(18)28-23-8-4-5-13-26-23/h1-3,6-7,11-12,18-21,23H,4-5,8-10,13-15H2/b12-11+/t18-,19-,20-,21+,23?/m1/s1. The summed E-state index contributed by atoms with van der Waals surface area (Å²) in [5.41, 5.74) is 1.16. The summed E-state index contributed by atoms with van der Waals surface area (Å²) >= 11 is 0. The van der Waals surface area contributed by atoms with Crippen molar-refractivity contribution >= 4 is 11.8 Å². The maximum atomic E-state index is 12.4. The van der Waals surface area contributed by atoms with Crippen molar-refractivity contribution in [3.05, 3.63) is 48.0 Å². The predicted octanol–water partition coefficient (Wildman–Crippen LogP) is 3.61. The molecule has 0 aromatic heterocycles. The normalized spacial score (nSPS) is 32.4. The summed E-state index contributed by atoms with van der Waals surface area (Å²) in [6.45, 7) is 0.734. The lowest BCUT2D eigenvalue weighted by Gasteiger charge is -2.28. The van der Waals surface area contributed by atoms with Gasteiger partial charge in [0.2, 0.25) is 0 Å². The van der Waals surface area contributed by atoms with Gasteiger partial charge in [-0.2, -0.15) is 0 Å². The summed E-state index contributed by atoms with van der Waals surface area (Å²) in [7, 11) is 0. The fourth-order valence-corrected chi connectivity index (χ4v) is 4.54. The van der Waals surface area contributed by atoms with E-state index in [2.05, 4.69) is 0 Å². The minimum atomic E-state index is -0.182. The molecule has 0 radical (unpaired) electrons. The van der Waals surface area contributed by atoms with Crippen LogP contribution in [0.3, 0.4) is 0 Å². The molecule has 2 aliphatic heterocycles. The zero-order chi connectivity index (χ0) is 19.3. The SMILES string of the molecule is O=C(/C=C/[C@@H]1[C@H]2CC(=O)O[C@H]2C[C@H]1OC1CCCCO1)CCc1ccccc1. The smallest absolute Gasteiger partial charge is 0.306 e. The zero-order valence-corrected chi connectivity index (χ0v) is 16.1. The molecule has 1 aliphatic carbocycles. The van der Waals surface area contributed by atoms with Crippen molar-refractivity contribution in [2.24, 2.45) is 11.8 Å². The van der Waals surface area contributed by atoms with Crippen molar-refractivity contribution in [1.82, 2.24) is 0 Å². The number of hydrogen-bond donors (Lipinski definition) is 0. The first-order valence-corrected chi connectivity index (χ1v) is 10.4. The van der Waals surface area contributed by atoms with E-state index >= 15 is 0 Å². The first-order chi connectivity index (χ1) is 13.7. The predicted molar refractivity (Wildman–Crippen MR) is 103 cm³/mol. The average molecular weight is 384 g/mol. The number of aryl methyl sites for hydroxylation is 1. The van der Waals surface area contributed by atoms with Crippen LogP contribution in [0.4, 0.5) is 0 Å². The quantitative estimate of drug-likeness (QED) is 0.531. The summed E-state index contributed by atoms with van der Waals surface area (Å²) in [5.74, 6) is 0.0725. The molecule has 4 rings (SSSR count). The third-order valence-corrected chi connectivity index (χ3v) is 6.02. The van der Waals surface area contributed by atoms with Gasteiger partial charge in [0.15, 0.2) is 12.1 Å². The Labute approximate surface area is 166 Å². The fraction of sp³-hybridized carbons (Fsp3) is 0.565. The number of hydrogen-bond acceptors (Lipinski definition) is 5. The maximum Gasteiger partial charge on any atom is 0.306 e. The Morgan fingerprint density at radius 2 is 2.07 bits per heavy atom. The van der Waals surface area contributed by atoms with Crippen LogP contribution in [0.2, 0.25) is 0 Å². The molecule has 5 nitrogen and oxygen atoms in total. The highest BCUT2D eigenvalue weighted by Crippen LogP contribution is 2.44. The van der Waals surface area contributed by atoms with Crippen LogP contribution in [0.25, 0.3) is 0 Å². The number of benzene rings is 1. The first-order valence-electron chi connectivity index (χ1n) is 10.4. The van der Waals surface area contributed by atoms with Crippen molar-refractivity contribution in [3.8, 4) is 0 Å². The van der Waals surface area contributed by atoms with Crippen molar-refractivity contribution in [1.29, 1.82) is 0 Å². The van der Waals surface area contributed by atoms with Crippen molar-refractivity contribution in [2.45, 2.75) is 63.4 Å². The van der Waals surface area contributed by atoms with Gasteiger partial charge in [-0.25, -0.2) is 0 Å². The molecule has 5 atom stereocenters. The van der Waals surface area contributed by atoms with Gasteiger partial charge < -0.3 is 14.2 Å². The van der Waals surface area contributed by atoms with E-state index in [9.17, 15) is 9.59 Å². The lowest BCUT2D eigenvalue weighted by Crippen LogP contribution is -2.31. The molecule has 150 valence electrons. The van der Waals surface area contributed by atoms with Crippen molar-refractivity contribution < 1.29 is 23.8 Å². The van der Waals surface area contributed by atoms with Crippen LogP contribution in [-0.4, -0.2) is 36.9 Å². The van der Waals surface area contributed by atoms with Crippen molar-refractivity contribution in [3.63, 3.8) is 0 Å². The number of allylic oxidation sites excluding steroid dienone is 1. The second-order valence-corrected chi connectivity index (χ2v) is 7.99. The highest BCUT2D eigenvalue weighted by molar-refractivity contribution is 5.89. The van der Waals surface area contributed by atoms with E-state index in [1.807, 2.05) is 36.4 Å². The van der Waals surface area contributed by atoms with E-state index in [0.29, 0.717) is 19.3 Å². The third kappa shape index (κ3) is 4.70. The van der Waals surface area contributed by atoms with Gasteiger partial charge in [-0.3, -0.25) is 9.59 Å². The molecule has 0 spiro atoms. The maximum absolute atomic E-state index is 12.4. The Morgan fingerprint density at radius 1 is 1.21 bits per heavy atom. The second kappa shape index (κ2) is 9.01. The van der Waals surface area contributed by atoms with E-state index in [1.54, 1.807) is 6.08 Å². The molecule has 1 aromatic rings. The van der Waals surface area contributed by atoms with Crippen LogP contribution in [0.15, 0.2) is 42.5 Å². The Morgan fingerprint density at radius 3 is 2.86 bits per heavy atom. The lowest BCUT2D eigenvalue weighted by atomic mass is 9.91. The van der Waals surface area contributed by atoms with E-state index < -0.39 is 0 Å². The van der Waals surface area contributed by atoms with Gasteiger partial charge in [-0.15, -0.1) is 0 Å². The van der Waals surface area contributed by atoms with Gasteiger partial charge in [0.1, 0.15) is 6.10 Å². The number of rotatable bonds is 7. The molecule has 1 saturated carbocycles. The molecule has 3 fully saturated rings. The number of carbonyl (C=O) groups is 2. The monoisotopic (exact) mass is 384 g/mol. The van der Waals surface area contributed by atoms with E-state index in [-0.39, 0.29) is 42.1 Å².